The standard InChI is InChI=1S/C20H21N3O4S.ClH/c1-2-23-20(25)15-9-8-14(10-18(15)28(23,26)27)19(24)22-11-16(17(21)12-22)13-6-4-3-5-7-13;/h3-10,16-17H,2,11-12,21H2,1H3;1H/t16-,17+;/m0./s1. The third kappa shape index (κ3) is 3.41. The molecule has 2 aromatic rings. The van der Waals surface area contributed by atoms with Gasteiger partial charge >= 0.3 is 0 Å². The molecule has 0 saturated carbocycles. The van der Waals surface area contributed by atoms with Crippen LogP contribution in [0.15, 0.2) is 53.4 Å². The summed E-state index contributed by atoms with van der Waals surface area (Å²) in [5.74, 6) is -0.807. The summed E-state index contributed by atoms with van der Waals surface area (Å²) in [6.45, 7) is 2.51. The van der Waals surface area contributed by atoms with Gasteiger partial charge in [0.05, 0.1) is 5.56 Å². The monoisotopic (exact) mass is 435 g/mol. The highest BCUT2D eigenvalue weighted by molar-refractivity contribution is 7.90. The molecular weight excluding hydrogens is 414 g/mol. The van der Waals surface area contributed by atoms with Crippen molar-refractivity contribution in [1.82, 2.24) is 9.21 Å². The Bertz CT molecular complexity index is 1060. The number of likely N-dealkylation sites (tertiary alicyclic amines) is 1. The lowest BCUT2D eigenvalue weighted by molar-refractivity contribution is 0.0787. The summed E-state index contributed by atoms with van der Waals surface area (Å²) in [6, 6.07) is 13.8. The van der Waals surface area contributed by atoms with E-state index in [0.29, 0.717) is 13.1 Å². The number of rotatable bonds is 3. The molecule has 1 fully saturated rings. The summed E-state index contributed by atoms with van der Waals surface area (Å²) in [5.41, 5.74) is 7.69. The Morgan fingerprint density at radius 2 is 1.83 bits per heavy atom. The number of halogens is 1. The molecule has 9 heteroatoms. The molecule has 1 saturated heterocycles. The lowest BCUT2D eigenvalue weighted by Crippen LogP contribution is -2.32. The Labute approximate surface area is 175 Å². The Morgan fingerprint density at radius 1 is 1.14 bits per heavy atom. The van der Waals surface area contributed by atoms with Crippen molar-refractivity contribution in [3.05, 3.63) is 65.2 Å². The lowest BCUT2D eigenvalue weighted by Gasteiger charge is -2.17. The highest BCUT2D eigenvalue weighted by Crippen LogP contribution is 2.32. The molecule has 0 bridgehead atoms. The second kappa shape index (κ2) is 7.78. The molecule has 2 aliphatic rings. The van der Waals surface area contributed by atoms with Crippen molar-refractivity contribution in [1.29, 1.82) is 0 Å². The maximum atomic E-state index is 13.0. The highest BCUT2D eigenvalue weighted by Gasteiger charge is 2.41. The fraction of sp³-hybridized carbons (Fsp3) is 0.300. The Balaban J connectivity index is 0.00000240. The molecule has 0 spiro atoms. The maximum absolute atomic E-state index is 13.0. The summed E-state index contributed by atoms with van der Waals surface area (Å²) in [7, 11) is -3.90. The van der Waals surface area contributed by atoms with Crippen LogP contribution < -0.4 is 5.73 Å². The molecule has 7 nitrogen and oxygen atoms in total. The number of nitrogens with two attached hydrogens (primary N) is 1. The Kier molecular flexibility index (Phi) is 5.71. The smallest absolute Gasteiger partial charge is 0.268 e. The minimum atomic E-state index is -3.90. The summed E-state index contributed by atoms with van der Waals surface area (Å²) in [4.78, 5) is 26.8. The zero-order valence-electron chi connectivity index (χ0n) is 15.8. The highest BCUT2D eigenvalue weighted by atomic mass is 35.5. The summed E-state index contributed by atoms with van der Waals surface area (Å²) >= 11 is 0. The van der Waals surface area contributed by atoms with Crippen LogP contribution >= 0.6 is 12.4 Å². The Hall–Kier alpha value is -2.42. The first-order valence-electron chi connectivity index (χ1n) is 9.15. The van der Waals surface area contributed by atoms with Gasteiger partial charge in [-0.05, 0) is 30.7 Å². The van der Waals surface area contributed by atoms with E-state index in [-0.39, 0.29) is 52.8 Å². The van der Waals surface area contributed by atoms with Crippen molar-refractivity contribution < 1.29 is 18.0 Å². The van der Waals surface area contributed by atoms with Gasteiger partial charge in [0.2, 0.25) is 0 Å². The number of carbonyl (C=O) groups excluding carboxylic acids is 2. The molecule has 2 atom stereocenters. The lowest BCUT2D eigenvalue weighted by atomic mass is 9.95. The van der Waals surface area contributed by atoms with Gasteiger partial charge in [0, 0.05) is 37.2 Å². The van der Waals surface area contributed by atoms with Crippen molar-refractivity contribution in [2.24, 2.45) is 5.73 Å². The van der Waals surface area contributed by atoms with E-state index in [4.69, 9.17) is 5.73 Å². The van der Waals surface area contributed by atoms with Gasteiger partial charge in [-0.3, -0.25) is 9.59 Å². The molecule has 4 rings (SSSR count). The van der Waals surface area contributed by atoms with Gasteiger partial charge in [0.1, 0.15) is 4.90 Å². The van der Waals surface area contributed by atoms with Crippen LogP contribution in [0.4, 0.5) is 0 Å². The SMILES string of the molecule is CCN1C(=O)c2ccc(C(=O)N3C[C@@H](N)[C@H](c4ccccc4)C3)cc2S1(=O)=O.Cl. The Morgan fingerprint density at radius 3 is 2.48 bits per heavy atom. The van der Waals surface area contributed by atoms with Crippen LogP contribution in [0.5, 0.6) is 0 Å². The number of amides is 2. The minimum absolute atomic E-state index is 0. The van der Waals surface area contributed by atoms with Crippen LogP contribution in [0.2, 0.25) is 0 Å². The van der Waals surface area contributed by atoms with E-state index in [2.05, 4.69) is 0 Å². The van der Waals surface area contributed by atoms with Crippen LogP contribution in [-0.2, 0) is 10.0 Å². The first-order valence-corrected chi connectivity index (χ1v) is 10.6. The van der Waals surface area contributed by atoms with Gasteiger partial charge in [-0.1, -0.05) is 30.3 Å². The van der Waals surface area contributed by atoms with E-state index < -0.39 is 15.9 Å². The number of sulfonamides is 1. The molecule has 0 radical (unpaired) electrons. The van der Waals surface area contributed by atoms with Gasteiger partial charge in [-0.15, -0.1) is 12.4 Å². The zero-order chi connectivity index (χ0) is 20.1. The molecule has 2 aromatic carbocycles. The summed E-state index contributed by atoms with van der Waals surface area (Å²) in [6.07, 6.45) is 0. The number of hydrogen-bond acceptors (Lipinski definition) is 5. The first-order chi connectivity index (χ1) is 13.3. The fourth-order valence-electron chi connectivity index (χ4n) is 3.95. The molecule has 0 aromatic heterocycles. The van der Waals surface area contributed by atoms with E-state index in [0.717, 1.165) is 9.87 Å². The van der Waals surface area contributed by atoms with Crippen LogP contribution in [0.3, 0.4) is 0 Å². The van der Waals surface area contributed by atoms with Crippen molar-refractivity contribution in [3.63, 3.8) is 0 Å². The molecular formula is C20H22ClN3O4S. The summed E-state index contributed by atoms with van der Waals surface area (Å²) < 4.78 is 26.0. The van der Waals surface area contributed by atoms with E-state index in [1.807, 2.05) is 30.3 Å². The maximum Gasteiger partial charge on any atom is 0.268 e. The van der Waals surface area contributed by atoms with Crippen LogP contribution in [0.25, 0.3) is 0 Å². The molecule has 29 heavy (non-hydrogen) atoms. The first kappa shape index (κ1) is 21.3. The second-order valence-corrected chi connectivity index (χ2v) is 8.91. The molecule has 2 aliphatic heterocycles. The zero-order valence-corrected chi connectivity index (χ0v) is 17.4. The van der Waals surface area contributed by atoms with Crippen LogP contribution in [0.1, 0.15) is 39.1 Å². The minimum Gasteiger partial charge on any atom is -0.336 e. The van der Waals surface area contributed by atoms with Crippen molar-refractivity contribution in [2.75, 3.05) is 19.6 Å². The van der Waals surface area contributed by atoms with Crippen molar-refractivity contribution in [2.45, 2.75) is 23.8 Å². The number of nitrogens with zero attached hydrogens (tertiary/aromatic N) is 2. The molecule has 0 aliphatic carbocycles. The third-order valence-electron chi connectivity index (χ3n) is 5.42. The quantitative estimate of drug-likeness (QED) is 0.792. The van der Waals surface area contributed by atoms with E-state index >= 15 is 0 Å². The average molecular weight is 436 g/mol. The van der Waals surface area contributed by atoms with E-state index in [1.54, 1.807) is 11.8 Å². The topological polar surface area (TPSA) is 101 Å². The number of hydrogen-bond donors (Lipinski definition) is 1. The van der Waals surface area contributed by atoms with E-state index in [1.165, 1.54) is 18.2 Å². The van der Waals surface area contributed by atoms with Crippen molar-refractivity contribution >= 4 is 34.2 Å². The predicted molar refractivity (Wildman–Crippen MR) is 111 cm³/mol. The number of fused-ring (bicyclic) bond motifs is 1. The average Bonchev–Trinajstić information content (AvgIpc) is 3.17. The van der Waals surface area contributed by atoms with Gasteiger partial charge in [0.25, 0.3) is 21.8 Å². The molecule has 0 unspecified atom stereocenters. The second-order valence-electron chi connectivity index (χ2n) is 7.08. The van der Waals surface area contributed by atoms with Gasteiger partial charge in [-0.25, -0.2) is 12.7 Å². The predicted octanol–water partition coefficient (Wildman–Crippen LogP) is 1.84. The number of benzene rings is 2. The summed E-state index contributed by atoms with van der Waals surface area (Å²) in [5, 5.41) is 0. The molecule has 2 amide bonds. The normalized spacial score (nSPS) is 22.3. The number of carbonyl (C=O) groups is 2. The molecule has 2 N–H and O–H groups in total. The van der Waals surface area contributed by atoms with Gasteiger partial charge in [0.15, 0.2) is 0 Å². The van der Waals surface area contributed by atoms with E-state index in [9.17, 15) is 18.0 Å². The molecule has 2 heterocycles. The van der Waals surface area contributed by atoms with Crippen molar-refractivity contribution in [3.8, 4) is 0 Å². The molecule has 154 valence electrons. The fourth-order valence-corrected chi connectivity index (χ4v) is 5.55. The van der Waals surface area contributed by atoms with Crippen LogP contribution in [-0.4, -0.2) is 55.1 Å². The van der Waals surface area contributed by atoms with Crippen LogP contribution in [0, 0.1) is 0 Å². The van der Waals surface area contributed by atoms with Gasteiger partial charge < -0.3 is 10.6 Å². The third-order valence-corrected chi connectivity index (χ3v) is 7.32. The van der Waals surface area contributed by atoms with Gasteiger partial charge in [-0.2, -0.15) is 0 Å². The largest absolute Gasteiger partial charge is 0.336 e.